The second-order valence-corrected chi connectivity index (χ2v) is 2.38. The Bertz CT molecular complexity index is 86.4. The van der Waals surface area contributed by atoms with Gasteiger partial charge in [0.25, 0.3) is 0 Å². The first-order valence-corrected chi connectivity index (χ1v) is 3.32. The second kappa shape index (κ2) is 2.88. The number of hydrogen-bond donors (Lipinski definition) is 1. The molecule has 0 saturated carbocycles. The second-order valence-electron chi connectivity index (χ2n) is 2.38. The van der Waals surface area contributed by atoms with E-state index >= 15 is 0 Å². The quantitative estimate of drug-likeness (QED) is 0.470. The molecule has 1 nitrogen and oxygen atoms in total. The van der Waals surface area contributed by atoms with Gasteiger partial charge >= 0.3 is 0 Å². The fraction of sp³-hybridized carbons (Fsp3) is 0.714. The van der Waals surface area contributed by atoms with Crippen molar-refractivity contribution in [2.75, 3.05) is 0 Å². The number of allylic oxidation sites excluding steroid dienone is 1. The molecular weight excluding hydrogens is 98.1 g/mol. The van der Waals surface area contributed by atoms with E-state index in [0.717, 1.165) is 0 Å². The van der Waals surface area contributed by atoms with E-state index in [9.17, 15) is 0 Å². The highest BCUT2D eigenvalue weighted by molar-refractivity contribution is 4.93. The van der Waals surface area contributed by atoms with Crippen molar-refractivity contribution in [3.63, 3.8) is 0 Å². The number of rotatable bonds is 0. The van der Waals surface area contributed by atoms with Crippen LogP contribution >= 0.6 is 0 Å². The van der Waals surface area contributed by atoms with Gasteiger partial charge in [0.2, 0.25) is 0 Å². The van der Waals surface area contributed by atoms with Gasteiger partial charge in [-0.15, -0.1) is 0 Å². The summed E-state index contributed by atoms with van der Waals surface area (Å²) in [5.41, 5.74) is 5.65. The van der Waals surface area contributed by atoms with Crippen LogP contribution in [0.3, 0.4) is 0 Å². The summed E-state index contributed by atoms with van der Waals surface area (Å²) in [4.78, 5) is 0. The van der Waals surface area contributed by atoms with Crippen LogP contribution < -0.4 is 5.73 Å². The van der Waals surface area contributed by atoms with Gasteiger partial charge in [-0.1, -0.05) is 18.6 Å². The third-order valence-electron chi connectivity index (χ3n) is 1.54. The Hall–Kier alpha value is -0.300. The summed E-state index contributed by atoms with van der Waals surface area (Å²) in [6.45, 7) is 0. The molecule has 1 rings (SSSR count). The number of nitrogens with two attached hydrogens (primary N) is 1. The van der Waals surface area contributed by atoms with Crippen molar-refractivity contribution in [3.8, 4) is 0 Å². The molecule has 1 unspecified atom stereocenters. The molecule has 0 aromatic heterocycles. The van der Waals surface area contributed by atoms with Crippen molar-refractivity contribution in [1.29, 1.82) is 0 Å². The predicted octanol–water partition coefficient (Wildman–Crippen LogP) is 1.44. The third kappa shape index (κ3) is 1.66. The molecule has 2 N–H and O–H groups in total. The highest BCUT2D eigenvalue weighted by Gasteiger charge is 1.99. The van der Waals surface area contributed by atoms with E-state index < -0.39 is 0 Å². The summed E-state index contributed by atoms with van der Waals surface area (Å²) in [6, 6.07) is 0.345. The first-order valence-electron chi connectivity index (χ1n) is 3.32. The molecule has 0 fully saturated rings. The van der Waals surface area contributed by atoms with Crippen molar-refractivity contribution < 1.29 is 0 Å². The highest BCUT2D eigenvalue weighted by Crippen LogP contribution is 2.08. The number of hydrogen-bond acceptors (Lipinski definition) is 1. The highest BCUT2D eigenvalue weighted by atomic mass is 14.6. The minimum Gasteiger partial charge on any atom is -0.324 e. The summed E-state index contributed by atoms with van der Waals surface area (Å²) < 4.78 is 0. The lowest BCUT2D eigenvalue weighted by atomic mass is 10.2. The van der Waals surface area contributed by atoms with Crippen LogP contribution in [0.4, 0.5) is 0 Å². The maximum Gasteiger partial charge on any atom is 0.0223 e. The van der Waals surface area contributed by atoms with Crippen LogP contribution in [0, 0.1) is 0 Å². The van der Waals surface area contributed by atoms with Gasteiger partial charge < -0.3 is 5.73 Å². The molecule has 1 heteroatoms. The molecule has 1 atom stereocenters. The molecule has 0 amide bonds. The molecule has 8 heavy (non-hydrogen) atoms. The third-order valence-corrected chi connectivity index (χ3v) is 1.54. The molecule has 0 saturated heterocycles. The molecule has 1 aliphatic carbocycles. The zero-order valence-corrected chi connectivity index (χ0v) is 5.14. The van der Waals surface area contributed by atoms with E-state index in [0.29, 0.717) is 6.04 Å². The van der Waals surface area contributed by atoms with Gasteiger partial charge in [-0.05, 0) is 19.3 Å². The Morgan fingerprint density at radius 1 is 1.38 bits per heavy atom. The molecule has 0 radical (unpaired) electrons. The van der Waals surface area contributed by atoms with Crippen molar-refractivity contribution >= 4 is 0 Å². The van der Waals surface area contributed by atoms with Crippen molar-refractivity contribution in [2.45, 2.75) is 31.7 Å². The smallest absolute Gasteiger partial charge is 0.0223 e. The van der Waals surface area contributed by atoms with Crippen LogP contribution in [0.5, 0.6) is 0 Å². The average molecular weight is 111 g/mol. The molecule has 0 aliphatic heterocycles. The van der Waals surface area contributed by atoms with Crippen LogP contribution in [0.1, 0.15) is 25.7 Å². The molecule has 0 aromatic rings. The largest absolute Gasteiger partial charge is 0.324 e. The first kappa shape index (κ1) is 5.83. The Labute approximate surface area is 50.6 Å². The van der Waals surface area contributed by atoms with E-state index in [4.69, 9.17) is 5.73 Å². The normalized spacial score (nSPS) is 29.9. The summed E-state index contributed by atoms with van der Waals surface area (Å²) >= 11 is 0. The van der Waals surface area contributed by atoms with Gasteiger partial charge in [-0.3, -0.25) is 0 Å². The van der Waals surface area contributed by atoms with Gasteiger partial charge in [-0.25, -0.2) is 0 Å². The zero-order chi connectivity index (χ0) is 5.82. The van der Waals surface area contributed by atoms with Crippen molar-refractivity contribution in [2.24, 2.45) is 5.73 Å². The SMILES string of the molecule is NC1C=CCCCC1. The standard InChI is InChI=1S/C7H13N/c8-7-5-3-1-2-4-6-7/h3,5,7H,1-2,4,6,8H2. The maximum absolute atomic E-state index is 5.65. The van der Waals surface area contributed by atoms with Crippen LogP contribution in [0.2, 0.25) is 0 Å². The maximum atomic E-state index is 5.65. The van der Waals surface area contributed by atoms with Crippen LogP contribution in [0.15, 0.2) is 12.2 Å². The molecule has 0 bridgehead atoms. The molecule has 0 aromatic carbocycles. The lowest BCUT2D eigenvalue weighted by molar-refractivity contribution is 0.657. The monoisotopic (exact) mass is 111 g/mol. The van der Waals surface area contributed by atoms with Gasteiger partial charge in [0, 0.05) is 6.04 Å². The summed E-state index contributed by atoms with van der Waals surface area (Å²) in [5.74, 6) is 0. The summed E-state index contributed by atoms with van der Waals surface area (Å²) in [5, 5.41) is 0. The molecule has 46 valence electrons. The van der Waals surface area contributed by atoms with Gasteiger partial charge in [0.1, 0.15) is 0 Å². The molecule has 1 aliphatic rings. The Morgan fingerprint density at radius 2 is 2.25 bits per heavy atom. The van der Waals surface area contributed by atoms with Crippen LogP contribution in [-0.2, 0) is 0 Å². The fourth-order valence-corrected chi connectivity index (χ4v) is 1.01. The average Bonchev–Trinajstić information content (AvgIpc) is 1.94. The Morgan fingerprint density at radius 3 is 3.12 bits per heavy atom. The lowest BCUT2D eigenvalue weighted by Crippen LogP contribution is -2.14. The minimum absolute atomic E-state index is 0.345. The predicted molar refractivity (Wildman–Crippen MR) is 35.6 cm³/mol. The van der Waals surface area contributed by atoms with Crippen LogP contribution in [0.25, 0.3) is 0 Å². The fourth-order valence-electron chi connectivity index (χ4n) is 1.01. The van der Waals surface area contributed by atoms with E-state index in [2.05, 4.69) is 12.2 Å². The summed E-state index contributed by atoms with van der Waals surface area (Å²) in [7, 11) is 0. The van der Waals surface area contributed by atoms with E-state index in [1.807, 2.05) is 0 Å². The first-order chi connectivity index (χ1) is 3.89. The van der Waals surface area contributed by atoms with Gasteiger partial charge in [0.05, 0.1) is 0 Å². The molecular formula is C7H13N. The van der Waals surface area contributed by atoms with E-state index in [-0.39, 0.29) is 0 Å². The van der Waals surface area contributed by atoms with Crippen molar-refractivity contribution in [1.82, 2.24) is 0 Å². The minimum atomic E-state index is 0.345. The van der Waals surface area contributed by atoms with Gasteiger partial charge in [0.15, 0.2) is 0 Å². The van der Waals surface area contributed by atoms with E-state index in [1.165, 1.54) is 25.7 Å². The lowest BCUT2D eigenvalue weighted by Gasteiger charge is -1.99. The van der Waals surface area contributed by atoms with E-state index in [1.54, 1.807) is 0 Å². The molecule has 0 spiro atoms. The topological polar surface area (TPSA) is 26.0 Å². The van der Waals surface area contributed by atoms with Crippen molar-refractivity contribution in [3.05, 3.63) is 12.2 Å². The zero-order valence-electron chi connectivity index (χ0n) is 5.14. The Kier molecular flexibility index (Phi) is 2.10. The molecule has 0 heterocycles. The summed E-state index contributed by atoms with van der Waals surface area (Å²) in [6.07, 6.45) is 9.34. The van der Waals surface area contributed by atoms with Crippen LogP contribution in [-0.4, -0.2) is 6.04 Å². The Balaban J connectivity index is 2.33. The van der Waals surface area contributed by atoms with Gasteiger partial charge in [-0.2, -0.15) is 0 Å².